The lowest BCUT2D eigenvalue weighted by atomic mass is 10.5. The first kappa shape index (κ1) is 9.83. The molecule has 0 aliphatic carbocycles. The van der Waals surface area contributed by atoms with Gasteiger partial charge < -0.3 is 4.74 Å². The molecule has 0 saturated carbocycles. The van der Waals surface area contributed by atoms with E-state index in [0.29, 0.717) is 19.6 Å². The summed E-state index contributed by atoms with van der Waals surface area (Å²) in [6.45, 7) is 0.856. The summed E-state index contributed by atoms with van der Waals surface area (Å²) in [6.07, 6.45) is 0.632. The van der Waals surface area contributed by atoms with Gasteiger partial charge in [-0.25, -0.2) is 9.86 Å². The molecule has 0 aromatic rings. The van der Waals surface area contributed by atoms with Crippen molar-refractivity contribution >= 4 is 10.2 Å². The number of nitrogens with two attached hydrogens (primary N) is 1. The van der Waals surface area contributed by atoms with E-state index < -0.39 is 10.2 Å². The van der Waals surface area contributed by atoms with Crippen LogP contribution in [0.2, 0.25) is 0 Å². The summed E-state index contributed by atoms with van der Waals surface area (Å²) in [5, 5.41) is 4.64. The van der Waals surface area contributed by atoms with Gasteiger partial charge in [-0.15, -0.1) is 0 Å². The van der Waals surface area contributed by atoms with Crippen LogP contribution in [0.1, 0.15) is 6.42 Å². The van der Waals surface area contributed by atoms with E-state index in [1.54, 1.807) is 7.11 Å². The molecule has 0 heterocycles. The smallest absolute Gasteiger partial charge is 0.274 e. The molecule has 0 amide bonds. The topological polar surface area (TPSA) is 81.4 Å². The van der Waals surface area contributed by atoms with Crippen LogP contribution in [0.4, 0.5) is 0 Å². The van der Waals surface area contributed by atoms with Gasteiger partial charge in [-0.2, -0.15) is 8.42 Å². The Hall–Kier alpha value is -0.170. The van der Waals surface area contributed by atoms with Gasteiger partial charge in [0.25, 0.3) is 10.2 Å². The Bertz CT molecular complexity index is 165. The molecule has 0 aromatic heterocycles. The molecule has 0 rings (SSSR count). The van der Waals surface area contributed by atoms with E-state index >= 15 is 0 Å². The number of nitrogens with one attached hydrogen (secondary N) is 1. The largest absolute Gasteiger partial charge is 0.385 e. The second kappa shape index (κ2) is 4.62. The average Bonchev–Trinajstić information content (AvgIpc) is 1.78. The highest BCUT2D eigenvalue weighted by Gasteiger charge is 1.97. The first-order valence-corrected chi connectivity index (χ1v) is 4.37. The van der Waals surface area contributed by atoms with Gasteiger partial charge in [0.05, 0.1) is 0 Å². The molecule has 0 radical (unpaired) electrons. The van der Waals surface area contributed by atoms with Crippen molar-refractivity contribution in [2.75, 3.05) is 20.3 Å². The van der Waals surface area contributed by atoms with E-state index in [4.69, 9.17) is 0 Å². The Morgan fingerprint density at radius 1 is 1.60 bits per heavy atom. The second-order valence-electron chi connectivity index (χ2n) is 1.79. The lowest BCUT2D eigenvalue weighted by Crippen LogP contribution is -2.31. The molecule has 62 valence electrons. The molecule has 5 nitrogen and oxygen atoms in total. The van der Waals surface area contributed by atoms with Gasteiger partial charge in [-0.1, -0.05) is 0 Å². The van der Waals surface area contributed by atoms with Gasteiger partial charge in [0.1, 0.15) is 0 Å². The maximum absolute atomic E-state index is 10.2. The van der Waals surface area contributed by atoms with E-state index in [1.165, 1.54) is 0 Å². The highest BCUT2D eigenvalue weighted by atomic mass is 32.2. The molecule has 0 aliphatic heterocycles. The zero-order valence-electron chi connectivity index (χ0n) is 5.83. The van der Waals surface area contributed by atoms with Crippen LogP contribution in [0, 0.1) is 0 Å². The molecular weight excluding hydrogens is 156 g/mol. The van der Waals surface area contributed by atoms with E-state index in [0.717, 1.165) is 0 Å². The maximum Gasteiger partial charge on any atom is 0.274 e. The lowest BCUT2D eigenvalue weighted by Gasteiger charge is -1.99. The van der Waals surface area contributed by atoms with Crippen LogP contribution in [-0.4, -0.2) is 28.7 Å². The summed E-state index contributed by atoms with van der Waals surface area (Å²) in [6, 6.07) is 0. The minimum atomic E-state index is -3.51. The minimum Gasteiger partial charge on any atom is -0.385 e. The third kappa shape index (κ3) is 7.83. The molecular formula is C4H12N2O3S. The third-order valence-electron chi connectivity index (χ3n) is 0.828. The van der Waals surface area contributed by atoms with Crippen molar-refractivity contribution in [3.05, 3.63) is 0 Å². The van der Waals surface area contributed by atoms with Gasteiger partial charge in [0, 0.05) is 20.3 Å². The second-order valence-corrected chi connectivity index (χ2v) is 3.16. The van der Waals surface area contributed by atoms with Gasteiger partial charge in [0.2, 0.25) is 0 Å². The standard InChI is InChI=1S/C4H12N2O3S/c1-9-4-2-3-6-10(5,7)8/h6H,2-4H2,1H3,(H2,5,7,8). The van der Waals surface area contributed by atoms with Crippen LogP contribution in [0.25, 0.3) is 0 Å². The average molecular weight is 168 g/mol. The normalized spacial score (nSPS) is 11.8. The Morgan fingerprint density at radius 3 is 2.60 bits per heavy atom. The maximum atomic E-state index is 10.2. The fourth-order valence-corrected chi connectivity index (χ4v) is 0.860. The van der Waals surface area contributed by atoms with Crippen molar-refractivity contribution in [1.82, 2.24) is 4.72 Å². The van der Waals surface area contributed by atoms with Crippen molar-refractivity contribution in [1.29, 1.82) is 0 Å². The number of rotatable bonds is 5. The quantitative estimate of drug-likeness (QED) is 0.507. The van der Waals surface area contributed by atoms with Crippen LogP contribution >= 0.6 is 0 Å². The molecule has 0 bridgehead atoms. The van der Waals surface area contributed by atoms with Crippen LogP contribution in [0.3, 0.4) is 0 Å². The van der Waals surface area contributed by atoms with Crippen molar-refractivity contribution < 1.29 is 13.2 Å². The zero-order valence-corrected chi connectivity index (χ0v) is 6.65. The summed E-state index contributed by atoms with van der Waals surface area (Å²) in [4.78, 5) is 0. The van der Waals surface area contributed by atoms with Crippen LogP contribution < -0.4 is 9.86 Å². The molecule has 0 unspecified atom stereocenters. The number of hydrogen-bond donors (Lipinski definition) is 2. The zero-order chi connectivity index (χ0) is 8.04. The molecule has 0 saturated heterocycles. The number of methoxy groups -OCH3 is 1. The van der Waals surface area contributed by atoms with Crippen molar-refractivity contribution in [2.45, 2.75) is 6.42 Å². The SMILES string of the molecule is COCCCNS(N)(=O)=O. The molecule has 0 aliphatic rings. The third-order valence-corrected chi connectivity index (χ3v) is 1.43. The first-order chi connectivity index (χ1) is 4.56. The minimum absolute atomic E-state index is 0.326. The molecule has 0 aromatic carbocycles. The highest BCUT2D eigenvalue weighted by Crippen LogP contribution is 1.77. The molecule has 3 N–H and O–H groups in total. The van der Waals surface area contributed by atoms with Crippen molar-refractivity contribution in [3.8, 4) is 0 Å². The summed E-state index contributed by atoms with van der Waals surface area (Å²) in [7, 11) is -1.96. The van der Waals surface area contributed by atoms with Gasteiger partial charge >= 0.3 is 0 Å². The predicted octanol–water partition coefficient (Wildman–Crippen LogP) is -1.18. The Labute approximate surface area is 60.7 Å². The molecule has 10 heavy (non-hydrogen) atoms. The monoisotopic (exact) mass is 168 g/mol. The fourth-order valence-electron chi connectivity index (χ4n) is 0.431. The number of ether oxygens (including phenoxy) is 1. The summed E-state index contributed by atoms with van der Waals surface area (Å²) in [5.74, 6) is 0. The Balaban J connectivity index is 3.21. The number of hydrogen-bond acceptors (Lipinski definition) is 3. The Kier molecular flexibility index (Phi) is 4.54. The van der Waals surface area contributed by atoms with Gasteiger partial charge in [0.15, 0.2) is 0 Å². The Morgan fingerprint density at radius 2 is 2.20 bits per heavy atom. The molecule has 0 spiro atoms. The van der Waals surface area contributed by atoms with Crippen LogP contribution in [-0.2, 0) is 14.9 Å². The van der Waals surface area contributed by atoms with Crippen molar-refractivity contribution in [2.24, 2.45) is 5.14 Å². The summed E-state index contributed by atoms with van der Waals surface area (Å²) >= 11 is 0. The van der Waals surface area contributed by atoms with E-state index in [1.807, 2.05) is 0 Å². The van der Waals surface area contributed by atoms with E-state index in [2.05, 4.69) is 14.6 Å². The van der Waals surface area contributed by atoms with Crippen molar-refractivity contribution in [3.63, 3.8) is 0 Å². The van der Waals surface area contributed by atoms with Gasteiger partial charge in [-0.05, 0) is 6.42 Å². The van der Waals surface area contributed by atoms with E-state index in [-0.39, 0.29) is 0 Å². The van der Waals surface area contributed by atoms with E-state index in [9.17, 15) is 8.42 Å². The lowest BCUT2D eigenvalue weighted by molar-refractivity contribution is 0.196. The summed E-state index contributed by atoms with van der Waals surface area (Å²) < 4.78 is 27.2. The van der Waals surface area contributed by atoms with Crippen LogP contribution in [0.5, 0.6) is 0 Å². The highest BCUT2D eigenvalue weighted by molar-refractivity contribution is 7.87. The molecule has 0 fully saturated rings. The summed E-state index contributed by atoms with van der Waals surface area (Å²) in [5.41, 5.74) is 0. The molecule has 6 heteroatoms. The predicted molar refractivity (Wildman–Crippen MR) is 37.6 cm³/mol. The fraction of sp³-hybridized carbons (Fsp3) is 1.00. The molecule has 0 atom stereocenters. The van der Waals surface area contributed by atoms with Gasteiger partial charge in [-0.3, -0.25) is 0 Å². The van der Waals surface area contributed by atoms with Crippen LogP contribution in [0.15, 0.2) is 0 Å². The first-order valence-electron chi connectivity index (χ1n) is 2.82.